The highest BCUT2D eigenvalue weighted by atomic mass is 16.5. The van der Waals surface area contributed by atoms with Gasteiger partial charge < -0.3 is 24.1 Å². The first-order chi connectivity index (χ1) is 15.5. The highest BCUT2D eigenvalue weighted by Crippen LogP contribution is 2.40. The number of likely N-dealkylation sites (tertiary alicyclic amines) is 1. The molecular weight excluding hydrogens is 408 g/mol. The van der Waals surface area contributed by atoms with Gasteiger partial charge in [-0.15, -0.1) is 0 Å². The van der Waals surface area contributed by atoms with Gasteiger partial charge in [0.05, 0.1) is 24.0 Å². The minimum absolute atomic E-state index is 0.0150. The van der Waals surface area contributed by atoms with Crippen molar-refractivity contribution in [1.29, 1.82) is 0 Å². The van der Waals surface area contributed by atoms with Crippen molar-refractivity contribution in [1.82, 2.24) is 9.80 Å². The molecule has 1 saturated heterocycles. The lowest BCUT2D eigenvalue weighted by molar-refractivity contribution is -0.129. The Balaban J connectivity index is 1.68. The number of aliphatic hydroxyl groups excluding tert-OH is 1. The normalized spacial score (nSPS) is 19.8. The predicted molar refractivity (Wildman–Crippen MR) is 120 cm³/mol. The van der Waals surface area contributed by atoms with E-state index >= 15 is 0 Å². The molecule has 1 aromatic heterocycles. The number of Topliss-reactive ketones (excluding diaryl/α,β-unsaturated/α-hetero) is 1. The Morgan fingerprint density at radius 3 is 2.62 bits per heavy atom. The highest BCUT2D eigenvalue weighted by molar-refractivity contribution is 6.15. The number of ether oxygens (including phenoxy) is 1. The van der Waals surface area contributed by atoms with Crippen LogP contribution in [0.2, 0.25) is 0 Å². The van der Waals surface area contributed by atoms with Crippen molar-refractivity contribution in [2.24, 2.45) is 0 Å². The SMILES string of the molecule is CC(C)Oc1cccc(C2C(C(=O)c3ccco3)=C(O)C(=O)N2CCN2CCCCC2)c1. The Morgan fingerprint density at radius 1 is 1.16 bits per heavy atom. The molecule has 2 aliphatic rings. The maximum Gasteiger partial charge on any atom is 0.290 e. The van der Waals surface area contributed by atoms with Crippen molar-refractivity contribution in [3.63, 3.8) is 0 Å². The second kappa shape index (κ2) is 9.61. The van der Waals surface area contributed by atoms with Crippen LogP contribution in [0.4, 0.5) is 0 Å². The van der Waals surface area contributed by atoms with Gasteiger partial charge in [0.2, 0.25) is 5.78 Å². The van der Waals surface area contributed by atoms with Crippen LogP contribution < -0.4 is 4.74 Å². The summed E-state index contributed by atoms with van der Waals surface area (Å²) in [6.45, 7) is 6.99. The van der Waals surface area contributed by atoms with Crippen molar-refractivity contribution >= 4 is 11.7 Å². The molecule has 2 aliphatic heterocycles. The molecule has 1 atom stereocenters. The number of hydrogen-bond donors (Lipinski definition) is 1. The number of benzene rings is 1. The summed E-state index contributed by atoms with van der Waals surface area (Å²) in [7, 11) is 0. The van der Waals surface area contributed by atoms with Crippen molar-refractivity contribution in [2.75, 3.05) is 26.2 Å². The minimum Gasteiger partial charge on any atom is -0.503 e. The molecule has 1 unspecified atom stereocenters. The van der Waals surface area contributed by atoms with Gasteiger partial charge in [-0.2, -0.15) is 0 Å². The monoisotopic (exact) mass is 438 g/mol. The van der Waals surface area contributed by atoms with Crippen LogP contribution in [-0.4, -0.2) is 58.9 Å². The van der Waals surface area contributed by atoms with Crippen LogP contribution in [-0.2, 0) is 4.79 Å². The Bertz CT molecular complexity index is 990. The van der Waals surface area contributed by atoms with E-state index < -0.39 is 23.5 Å². The molecule has 1 aromatic carbocycles. The second-order valence-corrected chi connectivity index (χ2v) is 8.61. The summed E-state index contributed by atoms with van der Waals surface area (Å²) in [6.07, 6.45) is 4.92. The van der Waals surface area contributed by atoms with Crippen LogP contribution in [0.3, 0.4) is 0 Å². The fourth-order valence-corrected chi connectivity index (χ4v) is 4.47. The van der Waals surface area contributed by atoms with Crippen LogP contribution in [0.25, 0.3) is 0 Å². The average molecular weight is 439 g/mol. The van der Waals surface area contributed by atoms with Gasteiger partial charge in [-0.1, -0.05) is 18.6 Å². The lowest BCUT2D eigenvalue weighted by Crippen LogP contribution is -2.40. The number of hydrogen-bond acceptors (Lipinski definition) is 6. The predicted octanol–water partition coefficient (Wildman–Crippen LogP) is 4.13. The highest BCUT2D eigenvalue weighted by Gasteiger charge is 2.44. The van der Waals surface area contributed by atoms with Crippen molar-refractivity contribution in [2.45, 2.75) is 45.3 Å². The lowest BCUT2D eigenvalue weighted by atomic mass is 9.95. The summed E-state index contributed by atoms with van der Waals surface area (Å²) in [5.74, 6) is -0.780. The summed E-state index contributed by atoms with van der Waals surface area (Å²) in [6, 6.07) is 9.81. The Hall–Kier alpha value is -3.06. The lowest BCUT2D eigenvalue weighted by Gasteiger charge is -2.31. The largest absolute Gasteiger partial charge is 0.503 e. The summed E-state index contributed by atoms with van der Waals surface area (Å²) < 4.78 is 11.1. The zero-order valence-corrected chi connectivity index (χ0v) is 18.6. The van der Waals surface area contributed by atoms with E-state index in [1.807, 2.05) is 38.1 Å². The number of amides is 1. The van der Waals surface area contributed by atoms with Crippen LogP contribution in [0.5, 0.6) is 5.75 Å². The topological polar surface area (TPSA) is 83.2 Å². The molecule has 170 valence electrons. The van der Waals surface area contributed by atoms with E-state index in [1.165, 1.54) is 12.7 Å². The molecular formula is C25H30N2O5. The van der Waals surface area contributed by atoms with Gasteiger partial charge in [-0.3, -0.25) is 9.59 Å². The van der Waals surface area contributed by atoms with Gasteiger partial charge in [-0.05, 0) is 69.6 Å². The minimum atomic E-state index is -0.708. The van der Waals surface area contributed by atoms with E-state index in [1.54, 1.807) is 17.0 Å². The van der Waals surface area contributed by atoms with Gasteiger partial charge in [0.15, 0.2) is 11.5 Å². The summed E-state index contributed by atoms with van der Waals surface area (Å²) >= 11 is 0. The van der Waals surface area contributed by atoms with Crippen molar-refractivity contribution in [3.8, 4) is 5.75 Å². The van der Waals surface area contributed by atoms with E-state index in [0.29, 0.717) is 24.4 Å². The second-order valence-electron chi connectivity index (χ2n) is 8.61. The zero-order chi connectivity index (χ0) is 22.7. The number of ketones is 1. The van der Waals surface area contributed by atoms with Crippen molar-refractivity contribution < 1.29 is 23.8 Å². The molecule has 0 bridgehead atoms. The molecule has 7 heteroatoms. The molecule has 0 spiro atoms. The molecule has 0 saturated carbocycles. The molecule has 3 heterocycles. The quantitative estimate of drug-likeness (QED) is 0.624. The Labute approximate surface area is 188 Å². The fourth-order valence-electron chi connectivity index (χ4n) is 4.47. The average Bonchev–Trinajstić information content (AvgIpc) is 3.40. The Morgan fingerprint density at radius 2 is 1.94 bits per heavy atom. The molecule has 0 aliphatic carbocycles. The number of furan rings is 1. The number of carbonyl (C=O) groups is 2. The van der Waals surface area contributed by atoms with Crippen LogP contribution in [0, 0.1) is 0 Å². The summed E-state index contributed by atoms with van der Waals surface area (Å²) in [4.78, 5) is 30.2. The Kier molecular flexibility index (Phi) is 6.65. The van der Waals surface area contributed by atoms with E-state index in [0.717, 1.165) is 25.9 Å². The first-order valence-electron chi connectivity index (χ1n) is 11.3. The van der Waals surface area contributed by atoms with Gasteiger partial charge in [0, 0.05) is 13.1 Å². The van der Waals surface area contributed by atoms with Gasteiger partial charge in [0.25, 0.3) is 5.91 Å². The van der Waals surface area contributed by atoms with Gasteiger partial charge in [0.1, 0.15) is 5.75 Å². The smallest absolute Gasteiger partial charge is 0.290 e. The summed E-state index contributed by atoms with van der Waals surface area (Å²) in [5.41, 5.74) is 0.763. The maximum atomic E-state index is 13.2. The van der Waals surface area contributed by atoms with Crippen LogP contribution >= 0.6 is 0 Å². The van der Waals surface area contributed by atoms with E-state index in [4.69, 9.17) is 9.15 Å². The van der Waals surface area contributed by atoms with Gasteiger partial charge in [-0.25, -0.2) is 0 Å². The molecule has 0 radical (unpaired) electrons. The number of piperidine rings is 1. The third-order valence-electron chi connectivity index (χ3n) is 5.94. The molecule has 32 heavy (non-hydrogen) atoms. The maximum absolute atomic E-state index is 13.2. The molecule has 1 fully saturated rings. The standard InChI is InChI=1S/C25H30N2O5/c1-17(2)32-19-9-6-8-18(16-19)22-21(23(28)20-10-7-15-31-20)24(29)25(30)27(22)14-13-26-11-4-3-5-12-26/h6-10,15-17,22,29H,3-5,11-14H2,1-2H3. The number of rotatable bonds is 8. The first-order valence-corrected chi connectivity index (χ1v) is 11.3. The zero-order valence-electron chi connectivity index (χ0n) is 18.6. The van der Waals surface area contributed by atoms with Crippen LogP contribution in [0.1, 0.15) is 55.3 Å². The third kappa shape index (κ3) is 4.58. The number of aliphatic hydroxyl groups is 1. The molecule has 2 aromatic rings. The first kappa shape index (κ1) is 22.1. The van der Waals surface area contributed by atoms with Crippen LogP contribution in [0.15, 0.2) is 58.4 Å². The van der Waals surface area contributed by atoms with E-state index in [-0.39, 0.29) is 17.4 Å². The fraction of sp³-hybridized carbons (Fsp3) is 0.440. The van der Waals surface area contributed by atoms with Gasteiger partial charge >= 0.3 is 0 Å². The molecule has 1 amide bonds. The van der Waals surface area contributed by atoms with Crippen molar-refractivity contribution in [3.05, 3.63) is 65.3 Å². The molecule has 1 N–H and O–H groups in total. The molecule has 4 rings (SSSR count). The molecule has 7 nitrogen and oxygen atoms in total. The number of carbonyl (C=O) groups excluding carboxylic acids is 2. The number of nitrogens with zero attached hydrogens (tertiary/aromatic N) is 2. The summed E-state index contributed by atoms with van der Waals surface area (Å²) in [5, 5.41) is 10.8. The van der Waals surface area contributed by atoms with E-state index in [2.05, 4.69) is 4.90 Å². The third-order valence-corrected chi connectivity index (χ3v) is 5.94. The van der Waals surface area contributed by atoms with E-state index in [9.17, 15) is 14.7 Å².